The molecule has 0 bridgehead atoms. The van der Waals surface area contributed by atoms with Gasteiger partial charge in [-0.05, 0) is 121 Å². The number of pyridine rings is 2. The number of carbonyl (C=O) groups is 3. The Morgan fingerprint density at radius 1 is 0.583 bits per heavy atom. The Morgan fingerprint density at radius 3 is 1.44 bits per heavy atom. The molecule has 4 aromatic carbocycles. The van der Waals surface area contributed by atoms with Gasteiger partial charge in [-0.1, -0.05) is 31.7 Å². The standard InChI is InChI=1S/C30H24F3N7O3.C29H23F3N6O2.CH4/c1-18-4-5-20(12-26(18)39-29-36-8-6-25(38-29)21-3-2-7-35-14-21)27(41)11-19-9-22(30(31,32)33)13-24(10-19)40-15-23(37-17-40)16-43-28(34)42;1-18-4-5-20(12-26(18)37-28-34-8-6-25(36-28)21-3-2-7-33-14-21)27(40)11-19-9-22(29(30,31)32)13-24(10-19)38-15-23(16-39)35-17-38;/h2-10,12-15,17H,11,16H2,1H3,(H2,34,42)(H,36,38,39);2-10,12-15,17,39H,11,16H2,1H3,(H,34,36,37);1H4. The van der Waals surface area contributed by atoms with Crippen LogP contribution in [0.25, 0.3) is 33.9 Å². The SMILES string of the molecule is C.Cc1ccc(C(=O)Cc2cc(-n3cnc(CO)c3)cc(C(F)(F)F)c2)cc1Nc1nccc(-c2cccnc2)n1.Cc1ccc(C(=O)Cc2cc(-n3cnc(COC(N)=O)c3)cc(C(F)(F)F)c2)cc1Nc1nccc(-c2cccnc2)n1. The van der Waals surface area contributed by atoms with Gasteiger partial charge in [-0.2, -0.15) is 26.3 Å². The van der Waals surface area contributed by atoms with Crippen LogP contribution in [0.3, 0.4) is 0 Å². The zero-order chi connectivity index (χ0) is 58.8. The molecule has 0 aliphatic carbocycles. The lowest BCUT2D eigenvalue weighted by Crippen LogP contribution is -2.12. The smallest absolute Gasteiger partial charge is 0.416 e. The Balaban J connectivity index is 0.000000217. The number of hydrogen-bond donors (Lipinski definition) is 4. The Hall–Kier alpha value is -10.5. The molecule has 6 heterocycles. The summed E-state index contributed by atoms with van der Waals surface area (Å²) >= 11 is 0. The molecule has 24 heteroatoms. The van der Waals surface area contributed by atoms with Crippen LogP contribution in [0.15, 0.2) is 171 Å². The Labute approximate surface area is 476 Å². The molecule has 0 fully saturated rings. The average molecular weight is 1150 g/mol. The van der Waals surface area contributed by atoms with Gasteiger partial charge < -0.3 is 35.3 Å². The van der Waals surface area contributed by atoms with Gasteiger partial charge in [0.05, 0.1) is 53.2 Å². The number of nitrogens with two attached hydrogens (primary N) is 1. The van der Waals surface area contributed by atoms with E-state index < -0.39 is 29.6 Å². The number of aliphatic hydroxyl groups is 1. The van der Waals surface area contributed by atoms with Crippen molar-refractivity contribution in [1.29, 1.82) is 0 Å². The number of ether oxygens (including phenoxy) is 1. The van der Waals surface area contributed by atoms with E-state index >= 15 is 0 Å². The summed E-state index contributed by atoms with van der Waals surface area (Å²) in [6.45, 7) is 3.11. The molecule has 0 aliphatic rings. The molecule has 0 spiro atoms. The van der Waals surface area contributed by atoms with E-state index in [4.69, 9.17) is 5.73 Å². The number of alkyl halides is 6. The van der Waals surface area contributed by atoms with Gasteiger partial charge in [-0.3, -0.25) is 19.6 Å². The molecule has 5 N–H and O–H groups in total. The van der Waals surface area contributed by atoms with Crippen LogP contribution in [0, 0.1) is 13.8 Å². The largest absolute Gasteiger partial charge is 0.443 e. The molecule has 10 rings (SSSR count). The number of hydrogen-bond acceptors (Lipinski definition) is 15. The predicted octanol–water partition coefficient (Wildman–Crippen LogP) is 12.2. The summed E-state index contributed by atoms with van der Waals surface area (Å²) in [5, 5.41) is 15.5. The van der Waals surface area contributed by atoms with Crippen LogP contribution in [-0.4, -0.2) is 71.8 Å². The second-order valence-electron chi connectivity index (χ2n) is 18.6. The molecule has 0 radical (unpaired) electrons. The van der Waals surface area contributed by atoms with E-state index in [0.717, 1.165) is 46.5 Å². The highest BCUT2D eigenvalue weighted by Gasteiger charge is 2.33. The van der Waals surface area contributed by atoms with E-state index in [1.54, 1.807) is 97.8 Å². The van der Waals surface area contributed by atoms with Crippen LogP contribution in [-0.2, 0) is 43.1 Å². The van der Waals surface area contributed by atoms with Crippen molar-refractivity contribution >= 4 is 40.9 Å². The molecule has 0 saturated heterocycles. The molecule has 0 unspecified atom stereocenters. The number of benzene rings is 4. The number of primary amides is 1. The minimum atomic E-state index is -4.66. The van der Waals surface area contributed by atoms with Gasteiger partial charge in [-0.15, -0.1) is 0 Å². The van der Waals surface area contributed by atoms with Crippen molar-refractivity contribution in [3.05, 3.63) is 227 Å². The van der Waals surface area contributed by atoms with Gasteiger partial charge in [0.2, 0.25) is 11.9 Å². The van der Waals surface area contributed by atoms with E-state index in [0.29, 0.717) is 51.5 Å². The maximum Gasteiger partial charge on any atom is 0.416 e. The Morgan fingerprint density at radius 2 is 1.04 bits per heavy atom. The van der Waals surface area contributed by atoms with Crippen molar-refractivity contribution in [1.82, 2.24) is 49.0 Å². The number of ketones is 2. The van der Waals surface area contributed by atoms with E-state index in [9.17, 15) is 45.8 Å². The van der Waals surface area contributed by atoms with Crippen LogP contribution in [0.5, 0.6) is 0 Å². The highest BCUT2D eigenvalue weighted by Crippen LogP contribution is 2.34. The lowest BCUT2D eigenvalue weighted by molar-refractivity contribution is -0.138. The summed E-state index contributed by atoms with van der Waals surface area (Å²) in [5.74, 6) is -0.129. The summed E-state index contributed by atoms with van der Waals surface area (Å²) in [4.78, 5) is 71.2. The summed E-state index contributed by atoms with van der Waals surface area (Å²) in [5.41, 5.74) is 10.8. The van der Waals surface area contributed by atoms with E-state index in [1.807, 2.05) is 26.0 Å². The third-order valence-corrected chi connectivity index (χ3v) is 12.6. The quantitative estimate of drug-likeness (QED) is 0.0489. The second kappa shape index (κ2) is 26.0. The molecule has 0 atom stereocenters. The number of imidazole rings is 2. The van der Waals surface area contributed by atoms with Gasteiger partial charge in [0.15, 0.2) is 11.6 Å². The first-order chi connectivity index (χ1) is 39.7. The second-order valence-corrected chi connectivity index (χ2v) is 18.6. The first-order valence-corrected chi connectivity index (χ1v) is 25.0. The fraction of sp³-hybridized carbons (Fsp3) is 0.150. The zero-order valence-electron chi connectivity index (χ0n) is 43.9. The van der Waals surface area contributed by atoms with Crippen LogP contribution >= 0.6 is 0 Å². The van der Waals surface area contributed by atoms with Crippen molar-refractivity contribution in [3.8, 4) is 33.9 Å². The number of amides is 1. The lowest BCUT2D eigenvalue weighted by Gasteiger charge is -2.14. The number of carbonyl (C=O) groups excluding carboxylic acids is 3. The van der Waals surface area contributed by atoms with Crippen LogP contribution in [0.4, 0.5) is 54.4 Å². The van der Waals surface area contributed by atoms with Crippen molar-refractivity contribution in [3.63, 3.8) is 0 Å². The summed E-state index contributed by atoms with van der Waals surface area (Å²) < 4.78 is 89.7. The van der Waals surface area contributed by atoms with Crippen LogP contribution < -0.4 is 16.4 Å². The number of aryl methyl sites for hydroxylation is 2. The minimum absolute atomic E-state index is 0. The third kappa shape index (κ3) is 15.3. The molecule has 0 aliphatic heterocycles. The monoisotopic (exact) mass is 1150 g/mol. The highest BCUT2D eigenvalue weighted by atomic mass is 19.4. The fourth-order valence-electron chi connectivity index (χ4n) is 8.35. The summed E-state index contributed by atoms with van der Waals surface area (Å²) in [6.07, 6.45) is 4.53. The van der Waals surface area contributed by atoms with E-state index in [-0.39, 0.29) is 73.2 Å². The molecule has 0 saturated carbocycles. The van der Waals surface area contributed by atoms with Gasteiger partial charge in [0, 0.05) is 107 Å². The van der Waals surface area contributed by atoms with Crippen molar-refractivity contribution in [2.24, 2.45) is 5.73 Å². The predicted molar refractivity (Wildman–Crippen MR) is 300 cm³/mol. The molecular weight excluding hydrogens is 1100 g/mol. The van der Waals surface area contributed by atoms with Crippen molar-refractivity contribution in [2.45, 2.75) is 59.7 Å². The number of nitrogens with one attached hydrogen (secondary N) is 2. The van der Waals surface area contributed by atoms with E-state index in [2.05, 4.69) is 55.2 Å². The molecule has 6 aromatic heterocycles. The highest BCUT2D eigenvalue weighted by molar-refractivity contribution is 5.99. The first-order valence-electron chi connectivity index (χ1n) is 25.0. The Kier molecular flexibility index (Phi) is 18.4. The maximum absolute atomic E-state index is 13.8. The summed E-state index contributed by atoms with van der Waals surface area (Å²) in [7, 11) is 0. The van der Waals surface area contributed by atoms with Gasteiger partial charge in [-0.25, -0.2) is 34.7 Å². The zero-order valence-corrected chi connectivity index (χ0v) is 43.9. The number of anilines is 4. The number of halogens is 6. The molecule has 428 valence electrons. The average Bonchev–Trinajstić information content (AvgIpc) is 4.33. The number of Topliss-reactive ketones (excluding diaryl/α,β-unsaturated/α-hetero) is 2. The van der Waals surface area contributed by atoms with E-state index in [1.165, 1.54) is 46.3 Å². The van der Waals surface area contributed by atoms with Gasteiger partial charge >= 0.3 is 18.4 Å². The molecule has 18 nitrogen and oxygen atoms in total. The number of rotatable bonds is 17. The first kappa shape index (κ1) is 59.6. The Bertz CT molecular complexity index is 3970. The number of nitrogens with zero attached hydrogens (tertiary/aromatic N) is 10. The molecule has 10 aromatic rings. The molecule has 1 amide bonds. The van der Waals surface area contributed by atoms with Crippen LogP contribution in [0.1, 0.15) is 72.9 Å². The fourth-order valence-corrected chi connectivity index (χ4v) is 8.35. The van der Waals surface area contributed by atoms with Gasteiger partial charge in [0.1, 0.15) is 6.61 Å². The van der Waals surface area contributed by atoms with Crippen molar-refractivity contribution in [2.75, 3.05) is 10.6 Å². The molecule has 84 heavy (non-hydrogen) atoms. The van der Waals surface area contributed by atoms with Gasteiger partial charge in [0.25, 0.3) is 0 Å². The maximum atomic E-state index is 13.8. The third-order valence-electron chi connectivity index (χ3n) is 12.6. The topological polar surface area (TPSA) is 244 Å². The molecular formula is C60H51F6N13O5. The van der Waals surface area contributed by atoms with Crippen LogP contribution in [0.2, 0.25) is 0 Å². The summed E-state index contributed by atoms with van der Waals surface area (Å²) in [6, 6.07) is 27.6. The lowest BCUT2D eigenvalue weighted by atomic mass is 9.99. The number of aromatic nitrogens is 10. The van der Waals surface area contributed by atoms with Crippen molar-refractivity contribution < 1.29 is 50.6 Å². The number of aliphatic hydroxyl groups excluding tert-OH is 1. The minimum Gasteiger partial charge on any atom is -0.443 e. The normalized spacial score (nSPS) is 11.2.